The van der Waals surface area contributed by atoms with E-state index in [0.717, 1.165) is 12.1 Å². The molecule has 3 aromatic rings. The predicted octanol–water partition coefficient (Wildman–Crippen LogP) is 2.25. The van der Waals surface area contributed by atoms with Gasteiger partial charge in [-0.1, -0.05) is 0 Å². The molecule has 0 spiro atoms. The van der Waals surface area contributed by atoms with Crippen LogP contribution in [0.5, 0.6) is 5.75 Å². The fourth-order valence-corrected chi connectivity index (χ4v) is 2.88. The number of hydrogen-bond donors (Lipinski definition) is 3. The minimum atomic E-state index is -1.06. The standard InChI is InChI=1S/C18H15F2N5O3/c1-25-2-3-28-15-4-9(7-22-16(15)25)23-17(26)18(27)24-14-8-21-13-6-12(20)11(19)5-10(13)14/h4-8,21H,2-3H2,1H3,(H,23,26)(H,24,27). The van der Waals surface area contributed by atoms with Crippen LogP contribution in [0.15, 0.2) is 30.6 Å². The number of fused-ring (bicyclic) bond motifs is 2. The summed E-state index contributed by atoms with van der Waals surface area (Å²) in [5, 5.41) is 5.04. The first-order chi connectivity index (χ1) is 13.4. The van der Waals surface area contributed by atoms with Crippen molar-refractivity contribution in [1.82, 2.24) is 9.97 Å². The highest BCUT2D eigenvalue weighted by molar-refractivity contribution is 6.44. The molecular weight excluding hydrogens is 372 g/mol. The fourth-order valence-electron chi connectivity index (χ4n) is 2.88. The molecule has 1 aromatic carbocycles. The van der Waals surface area contributed by atoms with E-state index in [4.69, 9.17) is 4.74 Å². The number of nitrogens with one attached hydrogen (secondary N) is 3. The second-order valence-electron chi connectivity index (χ2n) is 6.24. The smallest absolute Gasteiger partial charge is 0.314 e. The quantitative estimate of drug-likeness (QED) is 0.586. The number of hydrogen-bond acceptors (Lipinski definition) is 5. The lowest BCUT2D eigenvalue weighted by Crippen LogP contribution is -2.31. The summed E-state index contributed by atoms with van der Waals surface area (Å²) in [4.78, 5) is 33.2. The average Bonchev–Trinajstić information content (AvgIpc) is 3.03. The normalized spacial score (nSPS) is 13.0. The number of nitrogens with zero attached hydrogens (tertiary/aromatic N) is 2. The summed E-state index contributed by atoms with van der Waals surface area (Å²) in [6.07, 6.45) is 2.76. The van der Waals surface area contributed by atoms with Gasteiger partial charge in [-0.05, 0) is 6.07 Å². The number of pyridine rings is 1. The van der Waals surface area contributed by atoms with E-state index in [1.807, 2.05) is 11.9 Å². The number of benzene rings is 1. The van der Waals surface area contributed by atoms with Crippen molar-refractivity contribution in [3.05, 3.63) is 42.2 Å². The molecule has 0 atom stereocenters. The number of amides is 2. The Labute approximate surface area is 157 Å². The second kappa shape index (κ2) is 6.80. The SMILES string of the molecule is CN1CCOc2cc(NC(=O)C(=O)Nc3c[nH]c4cc(F)c(F)cc34)cnc21. The van der Waals surface area contributed by atoms with Gasteiger partial charge in [0.05, 0.1) is 29.6 Å². The Balaban J connectivity index is 1.49. The molecule has 4 rings (SSSR count). The van der Waals surface area contributed by atoms with Crippen LogP contribution in [0.2, 0.25) is 0 Å². The minimum absolute atomic E-state index is 0.155. The summed E-state index contributed by atoms with van der Waals surface area (Å²) < 4.78 is 32.2. The zero-order valence-electron chi connectivity index (χ0n) is 14.7. The molecule has 0 unspecified atom stereocenters. The highest BCUT2D eigenvalue weighted by Gasteiger charge is 2.20. The lowest BCUT2D eigenvalue weighted by atomic mass is 10.2. The van der Waals surface area contributed by atoms with E-state index in [-0.39, 0.29) is 16.6 Å². The Morgan fingerprint density at radius 1 is 1.18 bits per heavy atom. The summed E-state index contributed by atoms with van der Waals surface area (Å²) in [6, 6.07) is 3.49. The number of H-pyrrole nitrogens is 1. The number of halogens is 2. The highest BCUT2D eigenvalue weighted by atomic mass is 19.2. The number of aromatic amines is 1. The maximum Gasteiger partial charge on any atom is 0.314 e. The molecule has 3 N–H and O–H groups in total. The van der Waals surface area contributed by atoms with Gasteiger partial charge < -0.3 is 25.3 Å². The van der Waals surface area contributed by atoms with Crippen molar-refractivity contribution >= 4 is 39.9 Å². The van der Waals surface area contributed by atoms with Crippen LogP contribution in [-0.2, 0) is 9.59 Å². The molecule has 2 amide bonds. The van der Waals surface area contributed by atoms with E-state index in [0.29, 0.717) is 30.4 Å². The maximum absolute atomic E-state index is 13.5. The largest absolute Gasteiger partial charge is 0.488 e. The summed E-state index contributed by atoms with van der Waals surface area (Å²) in [7, 11) is 1.87. The molecular formula is C18H15F2N5O3. The van der Waals surface area contributed by atoms with E-state index in [1.54, 1.807) is 6.07 Å². The van der Waals surface area contributed by atoms with E-state index in [1.165, 1.54) is 12.4 Å². The Hall–Kier alpha value is -3.69. The van der Waals surface area contributed by atoms with Gasteiger partial charge in [-0.15, -0.1) is 0 Å². The van der Waals surface area contributed by atoms with Gasteiger partial charge in [0.15, 0.2) is 23.2 Å². The number of rotatable bonds is 2. The number of anilines is 3. The zero-order valence-corrected chi connectivity index (χ0v) is 14.7. The minimum Gasteiger partial charge on any atom is -0.488 e. The van der Waals surface area contributed by atoms with Crippen LogP contribution in [0.25, 0.3) is 10.9 Å². The monoisotopic (exact) mass is 387 g/mol. The van der Waals surface area contributed by atoms with Gasteiger partial charge in [0.1, 0.15) is 6.61 Å². The molecule has 3 heterocycles. The number of carbonyl (C=O) groups is 2. The predicted molar refractivity (Wildman–Crippen MR) is 98.5 cm³/mol. The van der Waals surface area contributed by atoms with Crippen molar-refractivity contribution in [2.45, 2.75) is 0 Å². The lowest BCUT2D eigenvalue weighted by Gasteiger charge is -2.26. The van der Waals surface area contributed by atoms with E-state index < -0.39 is 23.4 Å². The van der Waals surface area contributed by atoms with Crippen molar-refractivity contribution in [2.24, 2.45) is 0 Å². The number of aromatic nitrogens is 2. The van der Waals surface area contributed by atoms with Gasteiger partial charge in [0.2, 0.25) is 0 Å². The third-order valence-corrected chi connectivity index (χ3v) is 4.31. The van der Waals surface area contributed by atoms with Crippen LogP contribution in [-0.4, -0.2) is 42.0 Å². The van der Waals surface area contributed by atoms with E-state index >= 15 is 0 Å². The molecule has 0 saturated heterocycles. The number of ether oxygens (including phenoxy) is 1. The van der Waals surface area contributed by atoms with E-state index in [9.17, 15) is 18.4 Å². The van der Waals surface area contributed by atoms with Gasteiger partial charge in [-0.25, -0.2) is 13.8 Å². The summed E-state index contributed by atoms with van der Waals surface area (Å²) in [6.45, 7) is 1.18. The fraction of sp³-hybridized carbons (Fsp3) is 0.167. The molecule has 2 aromatic heterocycles. The molecule has 0 aliphatic carbocycles. The van der Waals surface area contributed by atoms with Crippen LogP contribution in [0, 0.1) is 11.6 Å². The number of likely N-dealkylation sites (N-methyl/N-ethyl adjacent to an activating group) is 1. The molecule has 0 saturated carbocycles. The average molecular weight is 387 g/mol. The van der Waals surface area contributed by atoms with Crippen molar-refractivity contribution in [3.8, 4) is 5.75 Å². The first kappa shape index (κ1) is 17.7. The van der Waals surface area contributed by atoms with Gasteiger partial charge in [0.25, 0.3) is 0 Å². The summed E-state index contributed by atoms with van der Waals surface area (Å²) >= 11 is 0. The summed E-state index contributed by atoms with van der Waals surface area (Å²) in [5.41, 5.74) is 0.735. The second-order valence-corrected chi connectivity index (χ2v) is 6.24. The molecule has 8 nitrogen and oxygen atoms in total. The van der Waals surface area contributed by atoms with Crippen molar-refractivity contribution in [1.29, 1.82) is 0 Å². The Bertz CT molecular complexity index is 1100. The van der Waals surface area contributed by atoms with Gasteiger partial charge in [-0.2, -0.15) is 0 Å². The van der Waals surface area contributed by atoms with Crippen LogP contribution in [0.4, 0.5) is 26.0 Å². The molecule has 1 aliphatic heterocycles. The van der Waals surface area contributed by atoms with Crippen LogP contribution >= 0.6 is 0 Å². The van der Waals surface area contributed by atoms with Gasteiger partial charge >= 0.3 is 11.8 Å². The molecule has 0 fully saturated rings. The number of carbonyl (C=O) groups excluding carboxylic acids is 2. The first-order valence-electron chi connectivity index (χ1n) is 8.35. The zero-order chi connectivity index (χ0) is 19.8. The molecule has 144 valence electrons. The topological polar surface area (TPSA) is 99.4 Å². The van der Waals surface area contributed by atoms with Crippen molar-refractivity contribution < 1.29 is 23.1 Å². The highest BCUT2D eigenvalue weighted by Crippen LogP contribution is 2.30. The maximum atomic E-state index is 13.5. The Morgan fingerprint density at radius 2 is 1.93 bits per heavy atom. The molecule has 10 heteroatoms. The van der Waals surface area contributed by atoms with Gasteiger partial charge in [-0.3, -0.25) is 9.59 Å². The summed E-state index contributed by atoms with van der Waals surface area (Å²) in [5.74, 6) is -2.85. The molecule has 28 heavy (non-hydrogen) atoms. The van der Waals surface area contributed by atoms with Crippen molar-refractivity contribution in [3.63, 3.8) is 0 Å². The first-order valence-corrected chi connectivity index (χ1v) is 8.35. The molecule has 0 radical (unpaired) electrons. The third-order valence-electron chi connectivity index (χ3n) is 4.31. The lowest BCUT2D eigenvalue weighted by molar-refractivity contribution is -0.132. The Kier molecular flexibility index (Phi) is 4.30. The van der Waals surface area contributed by atoms with Crippen LogP contribution in [0.1, 0.15) is 0 Å². The third kappa shape index (κ3) is 3.20. The molecule has 0 bridgehead atoms. The van der Waals surface area contributed by atoms with Crippen molar-refractivity contribution in [2.75, 3.05) is 35.7 Å². The molecule has 1 aliphatic rings. The van der Waals surface area contributed by atoms with E-state index in [2.05, 4.69) is 20.6 Å². The Morgan fingerprint density at radius 3 is 2.75 bits per heavy atom. The van der Waals surface area contributed by atoms with Gasteiger partial charge in [0, 0.05) is 30.8 Å². The van der Waals surface area contributed by atoms with Crippen LogP contribution in [0.3, 0.4) is 0 Å². The van der Waals surface area contributed by atoms with Crippen LogP contribution < -0.4 is 20.3 Å².